The Balaban J connectivity index is 1.74. The Morgan fingerprint density at radius 3 is 1.54 bits per heavy atom. The van der Waals surface area contributed by atoms with Crippen molar-refractivity contribution in [3.8, 4) is 0 Å². The highest BCUT2D eigenvalue weighted by atomic mass is 31.3. The fourth-order valence-electron chi connectivity index (χ4n) is 9.07. The Labute approximate surface area is 444 Å². The number of ether oxygens (including phenoxy) is 3. The maximum absolute atomic E-state index is 12.9. The first-order valence-corrected chi connectivity index (χ1v) is 31.8. The molecule has 6 N–H and O–H groups in total. The molecule has 0 spiro atoms. The van der Waals surface area contributed by atoms with E-state index in [1.165, 1.54) is 154 Å². The average Bonchev–Trinajstić information content (AvgIpc) is 3.63. The van der Waals surface area contributed by atoms with Crippen molar-refractivity contribution in [2.45, 2.75) is 277 Å². The monoisotopic (exact) mass is 1090 g/mol. The van der Waals surface area contributed by atoms with Gasteiger partial charge in [-0.25, -0.2) is 13.9 Å². The molecule has 1 aromatic rings. The van der Waals surface area contributed by atoms with E-state index in [4.69, 9.17) is 29.0 Å². The van der Waals surface area contributed by atoms with Crippen LogP contribution in [0.15, 0.2) is 17.1 Å². The lowest BCUT2D eigenvalue weighted by Crippen LogP contribution is -2.36. The molecule has 0 amide bonds. The third-order valence-corrected chi connectivity index (χ3v) is 16.5. The number of aliphatic hydroxyl groups is 2. The molecule has 432 valence electrons. The lowest BCUT2D eigenvalue weighted by molar-refractivity contribution is -0.161. The third-order valence-electron chi connectivity index (χ3n) is 13.9. The molecule has 0 radical (unpaired) electrons. The highest BCUT2D eigenvalue weighted by Gasteiger charge is 2.46. The number of carbonyl (C=O) groups is 2. The van der Waals surface area contributed by atoms with Crippen LogP contribution in [0.5, 0.6) is 0 Å². The summed E-state index contributed by atoms with van der Waals surface area (Å²) in [6.45, 7) is 6.90. The number of nitrogen functional groups attached to an aromatic ring is 1. The number of aromatic nitrogens is 2. The molecule has 4 unspecified atom stereocenters. The van der Waals surface area contributed by atoms with Crippen LogP contribution in [0.4, 0.5) is 5.82 Å². The number of esters is 2. The van der Waals surface area contributed by atoms with Gasteiger partial charge in [0.1, 0.15) is 30.7 Å². The van der Waals surface area contributed by atoms with E-state index in [1.807, 2.05) is 0 Å². The van der Waals surface area contributed by atoms with E-state index in [-0.39, 0.29) is 18.7 Å². The number of aliphatic hydroxyl groups excluding tert-OH is 2. The Bertz CT molecular complexity index is 1770. The van der Waals surface area contributed by atoms with Crippen molar-refractivity contribution in [3.05, 3.63) is 22.7 Å². The average molecular weight is 1090 g/mol. The number of nitrogens with zero attached hydrogens (tertiary/aromatic N) is 2. The zero-order valence-electron chi connectivity index (χ0n) is 46.0. The summed E-state index contributed by atoms with van der Waals surface area (Å²) in [7, 11) is -10.8. The molecule has 2 heterocycles. The molecule has 0 aliphatic carbocycles. The molecular formula is C54H101N3O15P2. The van der Waals surface area contributed by atoms with Gasteiger partial charge in [-0.15, -0.1) is 0 Å². The van der Waals surface area contributed by atoms with Crippen molar-refractivity contribution in [2.24, 2.45) is 11.8 Å². The van der Waals surface area contributed by atoms with Gasteiger partial charge in [-0.05, 0) is 30.7 Å². The SMILES string of the molecule is CCC(C)CCCCCCCCCCCCCCCCC(=O)OC[C@H](COP(=O)(O)OP(=O)(O)OC[C@H]1O[C@@H](n2ccc(N)nc2=O)C(O)[C@H]1O)OC(=O)CCCCCCCCCCCCCCCCCC(C)C. The van der Waals surface area contributed by atoms with E-state index < -0.39 is 83.7 Å². The van der Waals surface area contributed by atoms with Crippen molar-refractivity contribution in [3.63, 3.8) is 0 Å². The fraction of sp³-hybridized carbons (Fsp3) is 0.889. The lowest BCUT2D eigenvalue weighted by Gasteiger charge is -2.21. The number of nitrogens with two attached hydrogens (primary N) is 1. The normalized spacial score (nSPS) is 19.3. The van der Waals surface area contributed by atoms with E-state index in [2.05, 4.69) is 37.0 Å². The molecule has 74 heavy (non-hydrogen) atoms. The highest BCUT2D eigenvalue weighted by Crippen LogP contribution is 2.60. The van der Waals surface area contributed by atoms with Crippen molar-refractivity contribution in [2.75, 3.05) is 25.6 Å². The quantitative estimate of drug-likeness (QED) is 0.0231. The van der Waals surface area contributed by atoms with Crippen LogP contribution in [0.3, 0.4) is 0 Å². The Kier molecular flexibility index (Phi) is 37.5. The largest absolute Gasteiger partial charge is 0.481 e. The number of unbranched alkanes of at least 4 members (excludes halogenated alkanes) is 27. The van der Waals surface area contributed by atoms with E-state index in [1.54, 1.807) is 0 Å². The van der Waals surface area contributed by atoms with E-state index >= 15 is 0 Å². The smallest absolute Gasteiger partial charge is 0.462 e. The van der Waals surface area contributed by atoms with Crippen molar-refractivity contribution < 1.29 is 66.3 Å². The molecule has 1 aromatic heterocycles. The fourth-order valence-corrected chi connectivity index (χ4v) is 11.2. The van der Waals surface area contributed by atoms with Crippen molar-refractivity contribution >= 4 is 33.4 Å². The highest BCUT2D eigenvalue weighted by molar-refractivity contribution is 7.61. The zero-order chi connectivity index (χ0) is 54.5. The van der Waals surface area contributed by atoms with Crippen LogP contribution in [-0.4, -0.2) is 85.7 Å². The molecule has 1 saturated heterocycles. The Morgan fingerprint density at radius 1 is 0.649 bits per heavy atom. The van der Waals surface area contributed by atoms with Gasteiger partial charge >= 0.3 is 33.3 Å². The van der Waals surface area contributed by atoms with E-state index in [0.717, 1.165) is 67.8 Å². The second kappa shape index (κ2) is 40.9. The number of hydrogen-bond acceptors (Lipinski definition) is 15. The maximum atomic E-state index is 12.9. The molecule has 1 aliphatic heterocycles. The van der Waals surface area contributed by atoms with Gasteiger partial charge in [-0.3, -0.25) is 23.2 Å². The standard InChI is InChI=1S/C54H101N3O15P2/c1-5-45(4)36-32-28-24-20-16-12-9-10-13-17-21-25-29-33-37-49(58)67-41-46(70-50(59)38-34-30-26-22-18-14-8-6-7-11-15-19-23-27-31-35-44(2)3)42-68-73(63,64)72-74(65,66)69-43-47-51(60)52(61)53(71-47)57-40-39-48(55)56-54(57)62/h39-40,44-47,51-53,60-61H,5-38,41-43H2,1-4H3,(H,63,64)(H,65,66)(H2,55,56,62)/t45?,46-,47-,51+,52?,53-/m1/s1. The summed E-state index contributed by atoms with van der Waals surface area (Å²) in [5.74, 6) is 0.379. The van der Waals surface area contributed by atoms with Gasteiger partial charge in [0.05, 0.1) is 13.2 Å². The first-order valence-electron chi connectivity index (χ1n) is 28.8. The van der Waals surface area contributed by atoms with Gasteiger partial charge in [0.25, 0.3) is 0 Å². The molecule has 1 fully saturated rings. The topological polar surface area (TPSA) is 265 Å². The van der Waals surface area contributed by atoms with Crippen LogP contribution in [0, 0.1) is 11.8 Å². The first-order chi connectivity index (χ1) is 35.4. The van der Waals surface area contributed by atoms with Crippen LogP contribution in [0.1, 0.15) is 252 Å². The Hall–Kier alpha value is -2.24. The van der Waals surface area contributed by atoms with Gasteiger partial charge in [-0.1, -0.05) is 220 Å². The number of hydrogen-bond donors (Lipinski definition) is 5. The summed E-state index contributed by atoms with van der Waals surface area (Å²) in [4.78, 5) is 62.1. The van der Waals surface area contributed by atoms with Crippen molar-refractivity contribution in [1.82, 2.24) is 9.55 Å². The predicted octanol–water partition coefficient (Wildman–Crippen LogP) is 12.7. The minimum absolute atomic E-state index is 0.0575. The minimum Gasteiger partial charge on any atom is -0.462 e. The van der Waals surface area contributed by atoms with Gasteiger partial charge in [-0.2, -0.15) is 9.29 Å². The van der Waals surface area contributed by atoms with Crippen LogP contribution < -0.4 is 11.4 Å². The number of carbonyl (C=O) groups excluding carboxylic acids is 2. The first kappa shape index (κ1) is 67.9. The van der Waals surface area contributed by atoms with Crippen molar-refractivity contribution in [1.29, 1.82) is 0 Å². The second-order valence-corrected chi connectivity index (χ2v) is 24.3. The summed E-state index contributed by atoms with van der Waals surface area (Å²) >= 11 is 0. The molecule has 0 bridgehead atoms. The summed E-state index contributed by atoms with van der Waals surface area (Å²) in [6.07, 6.45) is 31.7. The Morgan fingerprint density at radius 2 is 1.08 bits per heavy atom. The van der Waals surface area contributed by atoms with Gasteiger partial charge < -0.3 is 39.9 Å². The van der Waals surface area contributed by atoms with Gasteiger partial charge in [0.15, 0.2) is 12.3 Å². The molecule has 8 atom stereocenters. The maximum Gasteiger partial charge on any atom is 0.481 e. The second-order valence-electron chi connectivity index (χ2n) is 21.2. The molecule has 20 heteroatoms. The van der Waals surface area contributed by atoms with E-state index in [9.17, 15) is 43.5 Å². The number of anilines is 1. The number of rotatable bonds is 48. The summed E-state index contributed by atoms with van der Waals surface area (Å²) in [5, 5.41) is 21.0. The third kappa shape index (κ3) is 33.8. The number of phosphoric ester groups is 2. The molecular weight excluding hydrogens is 993 g/mol. The molecule has 18 nitrogen and oxygen atoms in total. The molecule has 2 rings (SSSR count). The molecule has 0 saturated carbocycles. The predicted molar refractivity (Wildman–Crippen MR) is 289 cm³/mol. The zero-order valence-corrected chi connectivity index (χ0v) is 47.8. The molecule has 1 aliphatic rings. The minimum atomic E-state index is -5.42. The van der Waals surface area contributed by atoms with Crippen LogP contribution in [-0.2, 0) is 46.3 Å². The van der Waals surface area contributed by atoms with Gasteiger partial charge in [0, 0.05) is 19.0 Å². The van der Waals surface area contributed by atoms with Gasteiger partial charge in [0.2, 0.25) is 0 Å². The molecule has 0 aromatic carbocycles. The summed E-state index contributed by atoms with van der Waals surface area (Å²) < 4.78 is 57.0. The lowest BCUT2D eigenvalue weighted by atomic mass is 9.99. The number of phosphoric acid groups is 2. The summed E-state index contributed by atoms with van der Waals surface area (Å²) in [6, 6.07) is 1.25. The van der Waals surface area contributed by atoms with Crippen LogP contribution >= 0.6 is 15.6 Å². The summed E-state index contributed by atoms with van der Waals surface area (Å²) in [5.41, 5.74) is 4.60. The van der Waals surface area contributed by atoms with Crippen LogP contribution in [0.25, 0.3) is 0 Å². The van der Waals surface area contributed by atoms with Crippen LogP contribution in [0.2, 0.25) is 0 Å². The van der Waals surface area contributed by atoms with E-state index in [0.29, 0.717) is 12.8 Å².